The molecular weight excluding hydrogens is 888 g/mol. The van der Waals surface area contributed by atoms with Gasteiger partial charge in [0.15, 0.2) is 24.8 Å². The fourth-order valence-corrected chi connectivity index (χ4v) is 7.30. The Hall–Kier alpha value is -1.94. The Balaban J connectivity index is 1.92. The van der Waals surface area contributed by atoms with E-state index in [0.717, 1.165) is 38.8 Å². The van der Waals surface area contributed by atoms with Gasteiger partial charge in [0, 0.05) is 26.2 Å². The summed E-state index contributed by atoms with van der Waals surface area (Å²) in [4.78, 5) is 30.1. The predicted octanol–water partition coefficient (Wildman–Crippen LogP) is -9.28. The van der Waals surface area contributed by atoms with Crippen LogP contribution in [-0.2, 0) is 28.5 Å². The number of hydrogen-bond donors (Lipinski definition) is 18. The quantitative estimate of drug-likeness (QED) is 0.0272. The number of aliphatic hydroxyl groups is 16. The fourth-order valence-electron chi connectivity index (χ4n) is 7.30. The van der Waals surface area contributed by atoms with Crippen LogP contribution in [0.2, 0.25) is 0 Å². The minimum absolute atomic E-state index is 0.0609. The van der Waals surface area contributed by atoms with Crippen LogP contribution in [0.4, 0.5) is 0 Å². The van der Waals surface area contributed by atoms with Crippen LogP contribution in [-0.4, -0.2) is 292 Å². The molecule has 0 aromatic carbocycles. The SMILES string of the molecule is CCCCN(CCCNC(=O)[C@H](O)[C@H](O)[C@H](O[C@@H]1O[C@H](CO)[C@H](O)[C@H](O)[C@H]1O)[C@H](O)CO)CCN(CCCC)CCCNC(=O)[C@H](O)[C@H](O)[C@H](O[C@@H]1O[C@H](CO)[C@H](O)[C@H](O)[C@H]1O)[C@H](O)CO. The van der Waals surface area contributed by atoms with Gasteiger partial charge in [0.1, 0.15) is 85.5 Å². The van der Waals surface area contributed by atoms with Crippen LogP contribution >= 0.6 is 0 Å². The number of hydrogen-bond acceptors (Lipinski definition) is 24. The lowest BCUT2D eigenvalue weighted by atomic mass is 9.98. The summed E-state index contributed by atoms with van der Waals surface area (Å²) in [6.07, 6.45) is -29.6. The molecule has 2 saturated heterocycles. The highest BCUT2D eigenvalue weighted by Gasteiger charge is 2.49. The topological polar surface area (TPSA) is 425 Å². The van der Waals surface area contributed by atoms with Crippen molar-refractivity contribution in [3.05, 3.63) is 0 Å². The van der Waals surface area contributed by atoms with Crippen molar-refractivity contribution in [1.82, 2.24) is 20.4 Å². The molecule has 2 heterocycles. The van der Waals surface area contributed by atoms with Crippen LogP contribution in [0.15, 0.2) is 0 Å². The van der Waals surface area contributed by atoms with Crippen molar-refractivity contribution in [3.63, 3.8) is 0 Å². The van der Waals surface area contributed by atoms with Crippen molar-refractivity contribution in [1.29, 1.82) is 0 Å². The van der Waals surface area contributed by atoms with Crippen LogP contribution in [0.25, 0.3) is 0 Å². The standard InChI is InChI=1S/C40H78N4O22/c1-3-5-11-43(13-7-9-41-37(61)31(57)29(55)35(21(49)17-45)65-39-33(59)27(53)25(51)23(19-47)63-39)15-16-44(12-6-4-2)14-8-10-42-38(62)32(58)30(56)36(22(50)18-46)66-40-34(60)28(54)26(52)24(20-48)64-40/h21-36,39-40,45-60H,3-20H2,1-2H3,(H,41,61)(H,42,62)/t21-,22-,23-,24-,25+,26+,27+,28+,29+,30+,31-,32-,33-,34-,35-,36-,39+,40+/m1/s1. The number of nitrogens with one attached hydrogen (secondary N) is 2. The molecular formula is C40H78N4O22. The zero-order valence-corrected chi connectivity index (χ0v) is 37.6. The van der Waals surface area contributed by atoms with E-state index in [-0.39, 0.29) is 13.1 Å². The molecule has 66 heavy (non-hydrogen) atoms. The molecule has 2 amide bonds. The number of nitrogens with zero attached hydrogens (tertiary/aromatic N) is 2. The third kappa shape index (κ3) is 18.1. The van der Waals surface area contributed by atoms with Crippen molar-refractivity contribution in [3.8, 4) is 0 Å². The Morgan fingerprint density at radius 3 is 1.15 bits per heavy atom. The average molecular weight is 967 g/mol. The molecule has 0 aromatic heterocycles. The molecule has 390 valence electrons. The van der Waals surface area contributed by atoms with Gasteiger partial charge in [-0.2, -0.15) is 0 Å². The smallest absolute Gasteiger partial charge is 0.251 e. The van der Waals surface area contributed by atoms with Crippen LogP contribution < -0.4 is 10.6 Å². The van der Waals surface area contributed by atoms with Gasteiger partial charge in [-0.3, -0.25) is 9.59 Å². The molecule has 26 nitrogen and oxygen atoms in total. The summed E-state index contributed by atoms with van der Waals surface area (Å²) in [7, 11) is 0. The minimum Gasteiger partial charge on any atom is -0.394 e. The summed E-state index contributed by atoms with van der Waals surface area (Å²) in [5, 5.41) is 167. The van der Waals surface area contributed by atoms with Gasteiger partial charge in [-0.05, 0) is 51.9 Å². The summed E-state index contributed by atoms with van der Waals surface area (Å²) in [5.41, 5.74) is 0. The number of carbonyl (C=O) groups is 2. The number of ether oxygens (including phenoxy) is 4. The van der Waals surface area contributed by atoms with Gasteiger partial charge in [-0.15, -0.1) is 0 Å². The summed E-state index contributed by atoms with van der Waals surface area (Å²) in [6, 6.07) is 0. The van der Waals surface area contributed by atoms with Gasteiger partial charge in [0.2, 0.25) is 0 Å². The summed E-state index contributed by atoms with van der Waals surface area (Å²) < 4.78 is 21.2. The van der Waals surface area contributed by atoms with Crippen LogP contribution in [0.5, 0.6) is 0 Å². The van der Waals surface area contributed by atoms with Gasteiger partial charge in [0.05, 0.1) is 26.4 Å². The maximum Gasteiger partial charge on any atom is 0.251 e. The molecule has 2 aliphatic rings. The van der Waals surface area contributed by atoms with Gasteiger partial charge in [0.25, 0.3) is 11.8 Å². The van der Waals surface area contributed by atoms with E-state index < -0.39 is 148 Å². The Kier molecular flexibility index (Phi) is 28.6. The number of aliphatic hydroxyl groups excluding tert-OH is 16. The fraction of sp³-hybridized carbons (Fsp3) is 0.950. The van der Waals surface area contributed by atoms with E-state index >= 15 is 0 Å². The maximum absolute atomic E-state index is 12.9. The van der Waals surface area contributed by atoms with E-state index in [9.17, 15) is 91.3 Å². The molecule has 0 spiro atoms. The second-order valence-corrected chi connectivity index (χ2v) is 16.6. The highest BCUT2D eigenvalue weighted by Crippen LogP contribution is 2.27. The van der Waals surface area contributed by atoms with Crippen molar-refractivity contribution in [2.45, 2.75) is 163 Å². The molecule has 0 unspecified atom stereocenters. The highest BCUT2D eigenvalue weighted by atomic mass is 16.7. The molecule has 26 heteroatoms. The zero-order valence-electron chi connectivity index (χ0n) is 37.6. The average Bonchev–Trinajstić information content (AvgIpc) is 3.32. The van der Waals surface area contributed by atoms with E-state index in [1.165, 1.54) is 0 Å². The van der Waals surface area contributed by atoms with Crippen LogP contribution in [0, 0.1) is 0 Å². The zero-order chi connectivity index (χ0) is 49.7. The Morgan fingerprint density at radius 2 is 0.848 bits per heavy atom. The Morgan fingerprint density at radius 1 is 0.515 bits per heavy atom. The van der Waals surface area contributed by atoms with E-state index in [1.807, 2.05) is 13.8 Å². The lowest BCUT2D eigenvalue weighted by Gasteiger charge is -2.42. The van der Waals surface area contributed by atoms with E-state index in [0.29, 0.717) is 39.0 Å². The lowest BCUT2D eigenvalue weighted by Crippen LogP contribution is -2.62. The van der Waals surface area contributed by atoms with E-state index in [4.69, 9.17) is 18.9 Å². The Labute approximate surface area is 383 Å². The highest BCUT2D eigenvalue weighted by molar-refractivity contribution is 5.81. The predicted molar refractivity (Wildman–Crippen MR) is 225 cm³/mol. The first kappa shape index (κ1) is 60.2. The van der Waals surface area contributed by atoms with Crippen LogP contribution in [0.3, 0.4) is 0 Å². The lowest BCUT2D eigenvalue weighted by molar-refractivity contribution is -0.326. The molecule has 2 fully saturated rings. The number of amides is 2. The molecule has 0 saturated carbocycles. The first-order valence-electron chi connectivity index (χ1n) is 22.6. The molecule has 18 atom stereocenters. The third-order valence-electron chi connectivity index (χ3n) is 11.6. The molecule has 2 aliphatic heterocycles. The van der Waals surface area contributed by atoms with Crippen LogP contribution in [0.1, 0.15) is 52.4 Å². The second-order valence-electron chi connectivity index (χ2n) is 16.6. The maximum atomic E-state index is 12.9. The van der Waals surface area contributed by atoms with Gasteiger partial charge in [-0.1, -0.05) is 26.7 Å². The largest absolute Gasteiger partial charge is 0.394 e. The number of unbranched alkanes of at least 4 members (excludes halogenated alkanes) is 2. The van der Waals surface area contributed by atoms with Crippen molar-refractivity contribution >= 4 is 11.8 Å². The first-order valence-corrected chi connectivity index (χ1v) is 22.6. The van der Waals surface area contributed by atoms with Crippen molar-refractivity contribution in [2.24, 2.45) is 0 Å². The normalized spacial score (nSPS) is 29.8. The van der Waals surface area contributed by atoms with Gasteiger partial charge >= 0.3 is 0 Å². The summed E-state index contributed by atoms with van der Waals surface area (Å²) in [5.74, 6) is -2.09. The molecule has 0 aromatic rings. The van der Waals surface area contributed by atoms with E-state index in [1.54, 1.807) is 0 Å². The third-order valence-corrected chi connectivity index (χ3v) is 11.6. The summed E-state index contributed by atoms with van der Waals surface area (Å²) in [6.45, 7) is 4.30. The number of rotatable bonds is 33. The second kappa shape index (κ2) is 31.3. The number of carbonyl (C=O) groups excluding carboxylic acids is 2. The molecule has 2 rings (SSSR count). The molecule has 18 N–H and O–H groups in total. The minimum atomic E-state index is -2.20. The van der Waals surface area contributed by atoms with Crippen molar-refractivity contribution in [2.75, 3.05) is 78.8 Å². The first-order chi connectivity index (χ1) is 31.3. The van der Waals surface area contributed by atoms with Gasteiger partial charge < -0.3 is 121 Å². The Bertz CT molecular complexity index is 1240. The summed E-state index contributed by atoms with van der Waals surface area (Å²) >= 11 is 0. The molecule has 0 radical (unpaired) electrons. The van der Waals surface area contributed by atoms with Gasteiger partial charge in [-0.25, -0.2) is 0 Å². The monoisotopic (exact) mass is 967 g/mol. The van der Waals surface area contributed by atoms with Crippen molar-refractivity contribution < 1.29 is 110 Å². The molecule has 0 aliphatic carbocycles. The molecule has 0 bridgehead atoms. The van der Waals surface area contributed by atoms with E-state index in [2.05, 4.69) is 20.4 Å².